The summed E-state index contributed by atoms with van der Waals surface area (Å²) in [6.07, 6.45) is 0.457. The molecule has 1 saturated heterocycles. The van der Waals surface area contributed by atoms with E-state index in [9.17, 15) is 9.18 Å². The fourth-order valence-corrected chi connectivity index (χ4v) is 2.13. The number of nitrogens with zero attached hydrogens (tertiary/aromatic N) is 1. The van der Waals surface area contributed by atoms with E-state index in [4.69, 9.17) is 17.5 Å². The van der Waals surface area contributed by atoms with E-state index in [0.717, 1.165) is 0 Å². The van der Waals surface area contributed by atoms with Crippen molar-refractivity contribution in [3.05, 3.63) is 34.6 Å². The van der Waals surface area contributed by atoms with Crippen LogP contribution in [0.15, 0.2) is 18.2 Å². The average molecular weight is 259 g/mol. The summed E-state index contributed by atoms with van der Waals surface area (Å²) >= 11 is 5.83. The molecule has 0 aromatic heterocycles. The average Bonchev–Trinajstić information content (AvgIpc) is 2.77. The topological polar surface area (TPSA) is 55.6 Å². The molecule has 1 aliphatic rings. The Labute approximate surface area is 103 Å². The van der Waals surface area contributed by atoms with Gasteiger partial charge in [0.1, 0.15) is 5.82 Å². The Bertz CT molecular complexity index is 421. The van der Waals surface area contributed by atoms with Crippen LogP contribution in [0.5, 0.6) is 0 Å². The number of halogens is 2. The summed E-state index contributed by atoms with van der Waals surface area (Å²) < 4.78 is 13.5. The minimum atomic E-state index is -0.611. The second-order valence-corrected chi connectivity index (χ2v) is 4.30. The van der Waals surface area contributed by atoms with Gasteiger partial charge in [0.15, 0.2) is 0 Å². The van der Waals surface area contributed by atoms with Crippen molar-refractivity contribution in [2.75, 3.05) is 13.1 Å². The van der Waals surface area contributed by atoms with Crippen molar-refractivity contribution < 1.29 is 14.0 Å². The largest absolute Gasteiger partial charge is 0.336 e. The Balaban J connectivity index is 2.21. The van der Waals surface area contributed by atoms with Crippen LogP contribution >= 0.6 is 11.6 Å². The lowest BCUT2D eigenvalue weighted by Gasteiger charge is -2.17. The van der Waals surface area contributed by atoms with Gasteiger partial charge in [-0.1, -0.05) is 17.7 Å². The van der Waals surface area contributed by atoms with E-state index in [2.05, 4.69) is 4.84 Å². The van der Waals surface area contributed by atoms with Crippen LogP contribution in [0.4, 0.5) is 4.39 Å². The summed E-state index contributed by atoms with van der Waals surface area (Å²) in [6.45, 7) is 0.853. The van der Waals surface area contributed by atoms with E-state index in [1.54, 1.807) is 0 Å². The number of hydrogen-bond donors (Lipinski definition) is 1. The van der Waals surface area contributed by atoms with Gasteiger partial charge in [-0.25, -0.2) is 10.3 Å². The van der Waals surface area contributed by atoms with Crippen LogP contribution in [0.3, 0.4) is 0 Å². The molecule has 1 unspecified atom stereocenters. The summed E-state index contributed by atoms with van der Waals surface area (Å²) in [6, 6.07) is 4.17. The molecule has 2 rings (SSSR count). The molecule has 0 aliphatic carbocycles. The third kappa shape index (κ3) is 2.41. The molecule has 1 fully saturated rings. The molecule has 2 N–H and O–H groups in total. The number of rotatable bonds is 2. The molecule has 1 atom stereocenters. The second-order valence-electron chi connectivity index (χ2n) is 3.89. The minimum Gasteiger partial charge on any atom is -0.336 e. The minimum absolute atomic E-state index is 0.0909. The van der Waals surface area contributed by atoms with E-state index in [0.29, 0.717) is 19.5 Å². The fourth-order valence-electron chi connectivity index (χ4n) is 1.88. The van der Waals surface area contributed by atoms with Crippen LogP contribution in [0.2, 0.25) is 5.02 Å². The molecule has 1 aromatic rings. The van der Waals surface area contributed by atoms with Crippen molar-refractivity contribution in [3.8, 4) is 0 Å². The van der Waals surface area contributed by atoms with E-state index in [-0.39, 0.29) is 16.7 Å². The number of nitrogens with two attached hydrogens (primary N) is 1. The molecule has 1 aromatic carbocycles. The molecule has 0 spiro atoms. The van der Waals surface area contributed by atoms with Crippen LogP contribution in [0, 0.1) is 5.82 Å². The highest BCUT2D eigenvalue weighted by Crippen LogP contribution is 2.23. The Morgan fingerprint density at radius 2 is 2.35 bits per heavy atom. The molecule has 17 heavy (non-hydrogen) atoms. The monoisotopic (exact) mass is 258 g/mol. The van der Waals surface area contributed by atoms with Crippen molar-refractivity contribution in [1.29, 1.82) is 0 Å². The van der Waals surface area contributed by atoms with Gasteiger partial charge in [0.05, 0.1) is 16.7 Å². The van der Waals surface area contributed by atoms with Crippen molar-refractivity contribution in [1.82, 2.24) is 4.90 Å². The first-order chi connectivity index (χ1) is 8.13. The van der Waals surface area contributed by atoms with Gasteiger partial charge in [-0.15, -0.1) is 0 Å². The second kappa shape index (κ2) is 5.00. The molecule has 1 heterocycles. The summed E-state index contributed by atoms with van der Waals surface area (Å²) in [4.78, 5) is 18.2. The predicted molar refractivity (Wildman–Crippen MR) is 61.0 cm³/mol. The van der Waals surface area contributed by atoms with E-state index in [1.165, 1.54) is 23.1 Å². The molecule has 1 aliphatic heterocycles. The van der Waals surface area contributed by atoms with E-state index in [1.807, 2.05) is 0 Å². The lowest BCUT2D eigenvalue weighted by Crippen LogP contribution is -2.31. The van der Waals surface area contributed by atoms with Crippen molar-refractivity contribution in [2.24, 2.45) is 5.90 Å². The van der Waals surface area contributed by atoms with Gasteiger partial charge < -0.3 is 4.90 Å². The highest BCUT2D eigenvalue weighted by molar-refractivity contribution is 6.33. The maximum absolute atomic E-state index is 13.5. The third-order valence-corrected chi connectivity index (χ3v) is 3.12. The molecule has 1 amide bonds. The van der Waals surface area contributed by atoms with Crippen molar-refractivity contribution in [3.63, 3.8) is 0 Å². The van der Waals surface area contributed by atoms with Crippen LogP contribution in [-0.2, 0) is 4.84 Å². The molecule has 6 heteroatoms. The summed E-state index contributed by atoms with van der Waals surface area (Å²) in [5.41, 5.74) is -0.0909. The van der Waals surface area contributed by atoms with Crippen LogP contribution in [0.1, 0.15) is 16.8 Å². The molecule has 0 radical (unpaired) electrons. The molecular formula is C11H12ClFN2O2. The fraction of sp³-hybridized carbons (Fsp3) is 0.364. The third-order valence-electron chi connectivity index (χ3n) is 2.80. The Kier molecular flexibility index (Phi) is 3.61. The molecule has 0 bridgehead atoms. The van der Waals surface area contributed by atoms with Gasteiger partial charge in [-0.05, 0) is 18.6 Å². The first-order valence-electron chi connectivity index (χ1n) is 5.22. The van der Waals surface area contributed by atoms with Gasteiger partial charge in [0.2, 0.25) is 0 Å². The number of benzene rings is 1. The zero-order valence-electron chi connectivity index (χ0n) is 9.03. The lowest BCUT2D eigenvalue weighted by molar-refractivity contribution is 0.0536. The van der Waals surface area contributed by atoms with Gasteiger partial charge in [0.25, 0.3) is 5.91 Å². The van der Waals surface area contributed by atoms with Crippen LogP contribution in [-0.4, -0.2) is 30.0 Å². The molecule has 92 valence electrons. The molecule has 4 nitrogen and oxygen atoms in total. The SMILES string of the molecule is NOC1CCN(C(=O)c2c(F)cccc2Cl)C1. The number of carbonyl (C=O) groups is 1. The zero-order chi connectivity index (χ0) is 12.4. The highest BCUT2D eigenvalue weighted by Gasteiger charge is 2.29. The van der Waals surface area contributed by atoms with Gasteiger partial charge in [-0.2, -0.15) is 0 Å². The first-order valence-corrected chi connectivity index (χ1v) is 5.60. The summed E-state index contributed by atoms with van der Waals surface area (Å²) in [5.74, 6) is 4.02. The zero-order valence-corrected chi connectivity index (χ0v) is 9.78. The van der Waals surface area contributed by atoms with Crippen molar-refractivity contribution >= 4 is 17.5 Å². The molecular weight excluding hydrogens is 247 g/mol. The molecule has 0 saturated carbocycles. The summed E-state index contributed by atoms with van der Waals surface area (Å²) in [7, 11) is 0. The Morgan fingerprint density at radius 1 is 1.59 bits per heavy atom. The van der Waals surface area contributed by atoms with Gasteiger partial charge >= 0.3 is 0 Å². The Hall–Kier alpha value is -1.17. The van der Waals surface area contributed by atoms with E-state index >= 15 is 0 Å². The Morgan fingerprint density at radius 3 is 2.94 bits per heavy atom. The van der Waals surface area contributed by atoms with Crippen LogP contribution in [0.25, 0.3) is 0 Å². The standard InChI is InChI=1S/C11H12ClFN2O2/c12-8-2-1-3-9(13)10(8)11(16)15-5-4-7(6-15)17-14/h1-3,7H,4-6,14H2. The first kappa shape index (κ1) is 12.3. The quantitative estimate of drug-likeness (QED) is 0.820. The van der Waals surface area contributed by atoms with Crippen LogP contribution < -0.4 is 5.90 Å². The highest BCUT2D eigenvalue weighted by atomic mass is 35.5. The smallest absolute Gasteiger partial charge is 0.258 e. The van der Waals surface area contributed by atoms with Crippen molar-refractivity contribution in [2.45, 2.75) is 12.5 Å². The number of hydrogen-bond acceptors (Lipinski definition) is 3. The number of amides is 1. The summed E-state index contributed by atoms with van der Waals surface area (Å²) in [5, 5.41) is 0.118. The van der Waals surface area contributed by atoms with E-state index < -0.39 is 11.7 Å². The maximum atomic E-state index is 13.5. The maximum Gasteiger partial charge on any atom is 0.258 e. The normalized spacial score (nSPS) is 19.7. The number of carbonyl (C=O) groups excluding carboxylic acids is 1. The van der Waals surface area contributed by atoms with Gasteiger partial charge in [-0.3, -0.25) is 9.63 Å². The predicted octanol–water partition coefficient (Wildman–Crippen LogP) is 1.58. The number of likely N-dealkylation sites (tertiary alicyclic amines) is 1. The lowest BCUT2D eigenvalue weighted by atomic mass is 10.2. The van der Waals surface area contributed by atoms with Gasteiger partial charge in [0, 0.05) is 13.1 Å².